The third kappa shape index (κ3) is 5.84. The van der Waals surface area contributed by atoms with E-state index in [0.29, 0.717) is 0 Å². The van der Waals surface area contributed by atoms with Crippen molar-refractivity contribution in [2.45, 2.75) is 46.0 Å². The maximum absolute atomic E-state index is 10.4. The van der Waals surface area contributed by atoms with Gasteiger partial charge in [-0.2, -0.15) is 0 Å². The van der Waals surface area contributed by atoms with E-state index in [1.165, 1.54) is 0 Å². The number of unbranched alkanes of at least 4 members (excludes halogenated alkanes) is 2. The molecule has 0 rings (SSSR count). The smallest absolute Gasteiger partial charge is 0.145 e. The molecule has 0 aromatic heterocycles. The van der Waals surface area contributed by atoms with Gasteiger partial charge in [-0.15, -0.1) is 0 Å². The zero-order valence-electron chi connectivity index (χ0n) is 7.60. The van der Waals surface area contributed by atoms with E-state index in [4.69, 9.17) is 0 Å². The third-order valence-corrected chi connectivity index (χ3v) is 1.67. The molecule has 0 radical (unpaired) electrons. The van der Waals surface area contributed by atoms with Crippen LogP contribution in [0, 0.1) is 0 Å². The summed E-state index contributed by atoms with van der Waals surface area (Å²) in [5.74, 6) is 0. The zero-order valence-corrected chi connectivity index (χ0v) is 7.60. The number of aldehydes is 1. The summed E-state index contributed by atoms with van der Waals surface area (Å²) >= 11 is 0. The summed E-state index contributed by atoms with van der Waals surface area (Å²) in [5.41, 5.74) is 0.980. The molecular weight excluding hydrogens is 136 g/mol. The highest BCUT2D eigenvalue weighted by Crippen LogP contribution is 2.06. The minimum absolute atomic E-state index is 0.958. The molecule has 64 valence electrons. The molecule has 0 heterocycles. The first-order chi connectivity index (χ1) is 5.35. The van der Waals surface area contributed by atoms with E-state index in [1.54, 1.807) is 0 Å². The second kappa shape index (κ2) is 7.52. The van der Waals surface area contributed by atoms with Crippen molar-refractivity contribution in [2.75, 3.05) is 0 Å². The Labute approximate surface area is 69.5 Å². The molecule has 0 aliphatic carbocycles. The van der Waals surface area contributed by atoms with Crippen molar-refractivity contribution in [1.29, 1.82) is 0 Å². The highest BCUT2D eigenvalue weighted by Gasteiger charge is 1.92. The Kier molecular flexibility index (Phi) is 7.11. The zero-order chi connectivity index (χ0) is 8.53. The van der Waals surface area contributed by atoms with Crippen LogP contribution < -0.4 is 0 Å². The SMILES string of the molecule is CCCC=C(C=O)CCCC. The molecule has 0 atom stereocenters. The quantitative estimate of drug-likeness (QED) is 0.424. The molecule has 0 unspecified atom stereocenters. The Morgan fingerprint density at radius 2 is 2.00 bits per heavy atom. The summed E-state index contributed by atoms with van der Waals surface area (Å²) < 4.78 is 0. The number of rotatable bonds is 6. The van der Waals surface area contributed by atoms with Gasteiger partial charge in [0.1, 0.15) is 6.29 Å². The molecule has 0 bridgehead atoms. The van der Waals surface area contributed by atoms with Gasteiger partial charge >= 0.3 is 0 Å². The fourth-order valence-electron chi connectivity index (χ4n) is 0.920. The number of hydrogen-bond donors (Lipinski definition) is 0. The lowest BCUT2D eigenvalue weighted by atomic mass is 10.1. The van der Waals surface area contributed by atoms with Crippen molar-refractivity contribution in [3.63, 3.8) is 0 Å². The predicted octanol–water partition coefficient (Wildman–Crippen LogP) is 3.10. The van der Waals surface area contributed by atoms with Crippen molar-refractivity contribution < 1.29 is 4.79 Å². The van der Waals surface area contributed by atoms with Crippen LogP contribution in [0.3, 0.4) is 0 Å². The van der Waals surface area contributed by atoms with E-state index in [2.05, 4.69) is 19.9 Å². The van der Waals surface area contributed by atoms with Gasteiger partial charge in [0.2, 0.25) is 0 Å². The Hall–Kier alpha value is -0.590. The Bertz CT molecular complexity index is 125. The number of hydrogen-bond acceptors (Lipinski definition) is 1. The molecule has 0 N–H and O–H groups in total. The van der Waals surface area contributed by atoms with Crippen LogP contribution in [0.4, 0.5) is 0 Å². The average Bonchev–Trinajstić information content (AvgIpc) is 2.05. The highest BCUT2D eigenvalue weighted by molar-refractivity contribution is 5.72. The van der Waals surface area contributed by atoms with Crippen molar-refractivity contribution in [3.05, 3.63) is 11.6 Å². The second-order valence-corrected chi connectivity index (χ2v) is 2.79. The molecule has 0 spiro atoms. The summed E-state index contributed by atoms with van der Waals surface area (Å²) in [7, 11) is 0. The molecule has 0 aliphatic rings. The standard InChI is InChI=1S/C10H18O/c1-3-5-7-10(9-11)8-6-4-2/h7,9H,3-6,8H2,1-2H3. The lowest BCUT2D eigenvalue weighted by molar-refractivity contribution is -0.105. The van der Waals surface area contributed by atoms with E-state index < -0.39 is 0 Å². The van der Waals surface area contributed by atoms with Crippen LogP contribution in [0.1, 0.15) is 46.0 Å². The molecule has 0 fully saturated rings. The Balaban J connectivity index is 3.64. The van der Waals surface area contributed by atoms with Crippen LogP contribution in [0.5, 0.6) is 0 Å². The number of carbonyl (C=O) groups excluding carboxylic acids is 1. The van der Waals surface area contributed by atoms with Crippen LogP contribution >= 0.6 is 0 Å². The van der Waals surface area contributed by atoms with E-state index in [-0.39, 0.29) is 0 Å². The van der Waals surface area contributed by atoms with Gasteiger partial charge in [-0.05, 0) is 24.8 Å². The van der Waals surface area contributed by atoms with Gasteiger partial charge in [0.15, 0.2) is 0 Å². The predicted molar refractivity (Wildman–Crippen MR) is 48.6 cm³/mol. The molecule has 0 saturated heterocycles. The second-order valence-electron chi connectivity index (χ2n) is 2.79. The molecule has 0 aromatic carbocycles. The Morgan fingerprint density at radius 3 is 2.45 bits per heavy atom. The highest BCUT2D eigenvalue weighted by atomic mass is 16.1. The minimum atomic E-state index is 0.958. The third-order valence-electron chi connectivity index (χ3n) is 1.67. The van der Waals surface area contributed by atoms with Gasteiger partial charge in [0, 0.05) is 0 Å². The summed E-state index contributed by atoms with van der Waals surface area (Å²) in [6.45, 7) is 4.26. The summed E-state index contributed by atoms with van der Waals surface area (Å²) in [6.07, 6.45) is 8.47. The molecule has 0 amide bonds. The monoisotopic (exact) mass is 154 g/mol. The molecule has 11 heavy (non-hydrogen) atoms. The molecular formula is C10H18O. The first kappa shape index (κ1) is 10.4. The van der Waals surface area contributed by atoms with Gasteiger partial charge in [-0.3, -0.25) is 4.79 Å². The maximum Gasteiger partial charge on any atom is 0.145 e. The fraction of sp³-hybridized carbons (Fsp3) is 0.700. The van der Waals surface area contributed by atoms with Gasteiger partial charge in [0.25, 0.3) is 0 Å². The average molecular weight is 154 g/mol. The van der Waals surface area contributed by atoms with Crippen LogP contribution in [-0.4, -0.2) is 6.29 Å². The largest absolute Gasteiger partial charge is 0.298 e. The number of carbonyl (C=O) groups is 1. The van der Waals surface area contributed by atoms with Crippen LogP contribution in [0.2, 0.25) is 0 Å². The molecule has 0 saturated carbocycles. The number of allylic oxidation sites excluding steroid dienone is 2. The van der Waals surface area contributed by atoms with Gasteiger partial charge < -0.3 is 0 Å². The van der Waals surface area contributed by atoms with E-state index >= 15 is 0 Å². The fourth-order valence-corrected chi connectivity index (χ4v) is 0.920. The maximum atomic E-state index is 10.4. The van der Waals surface area contributed by atoms with Crippen molar-refractivity contribution in [2.24, 2.45) is 0 Å². The van der Waals surface area contributed by atoms with Gasteiger partial charge in [-0.1, -0.05) is 32.8 Å². The summed E-state index contributed by atoms with van der Waals surface area (Å²) in [5, 5.41) is 0. The van der Waals surface area contributed by atoms with Crippen LogP contribution in [0.15, 0.2) is 11.6 Å². The van der Waals surface area contributed by atoms with Crippen molar-refractivity contribution in [1.82, 2.24) is 0 Å². The van der Waals surface area contributed by atoms with Crippen molar-refractivity contribution in [3.8, 4) is 0 Å². The van der Waals surface area contributed by atoms with Gasteiger partial charge in [-0.25, -0.2) is 0 Å². The van der Waals surface area contributed by atoms with E-state index in [1.807, 2.05) is 0 Å². The minimum Gasteiger partial charge on any atom is -0.298 e. The van der Waals surface area contributed by atoms with Gasteiger partial charge in [0.05, 0.1) is 0 Å². The molecule has 1 heteroatoms. The van der Waals surface area contributed by atoms with E-state index in [9.17, 15) is 4.79 Å². The molecule has 1 nitrogen and oxygen atoms in total. The lowest BCUT2D eigenvalue weighted by Crippen LogP contribution is -1.84. The normalized spacial score (nSPS) is 11.6. The lowest BCUT2D eigenvalue weighted by Gasteiger charge is -1.96. The first-order valence-electron chi connectivity index (χ1n) is 4.49. The van der Waals surface area contributed by atoms with Crippen LogP contribution in [0.25, 0.3) is 0 Å². The Morgan fingerprint density at radius 1 is 1.27 bits per heavy atom. The van der Waals surface area contributed by atoms with E-state index in [0.717, 1.165) is 44.0 Å². The van der Waals surface area contributed by atoms with Crippen LogP contribution in [-0.2, 0) is 4.79 Å². The summed E-state index contributed by atoms with van der Waals surface area (Å²) in [6, 6.07) is 0. The first-order valence-corrected chi connectivity index (χ1v) is 4.49. The summed E-state index contributed by atoms with van der Waals surface area (Å²) in [4.78, 5) is 10.4. The van der Waals surface area contributed by atoms with Crippen molar-refractivity contribution >= 4 is 6.29 Å². The topological polar surface area (TPSA) is 17.1 Å². The molecule has 0 aromatic rings. The molecule has 0 aliphatic heterocycles.